The first kappa shape index (κ1) is 11.2. The number of nitrogens with zero attached hydrogens (tertiary/aromatic N) is 3. The third-order valence-corrected chi connectivity index (χ3v) is 4.54. The van der Waals surface area contributed by atoms with Crippen molar-refractivity contribution in [2.24, 2.45) is 5.41 Å². The van der Waals surface area contributed by atoms with Crippen LogP contribution in [0.25, 0.3) is 10.9 Å². The van der Waals surface area contributed by atoms with E-state index in [0.717, 1.165) is 24.4 Å². The molecule has 0 amide bonds. The van der Waals surface area contributed by atoms with E-state index < -0.39 is 0 Å². The number of piperidine rings is 1. The molecule has 4 heteroatoms. The summed E-state index contributed by atoms with van der Waals surface area (Å²) in [5.41, 5.74) is 1.58. The SMILES string of the molecule is c1ccc2c(N3CC4(CCNCC4)C3)ncnc2c1. The van der Waals surface area contributed by atoms with Gasteiger partial charge in [-0.2, -0.15) is 0 Å². The van der Waals surface area contributed by atoms with E-state index in [1.165, 1.54) is 31.3 Å². The summed E-state index contributed by atoms with van der Waals surface area (Å²) in [7, 11) is 0. The summed E-state index contributed by atoms with van der Waals surface area (Å²) in [6, 6.07) is 8.28. The van der Waals surface area contributed by atoms with Gasteiger partial charge < -0.3 is 10.2 Å². The predicted octanol–water partition coefficient (Wildman–Crippen LogP) is 1.82. The highest BCUT2D eigenvalue weighted by molar-refractivity contribution is 5.89. The topological polar surface area (TPSA) is 41.0 Å². The minimum absolute atomic E-state index is 0.539. The van der Waals surface area contributed by atoms with Crippen LogP contribution in [0.4, 0.5) is 5.82 Å². The number of rotatable bonds is 1. The number of anilines is 1. The summed E-state index contributed by atoms with van der Waals surface area (Å²) in [5.74, 6) is 1.11. The number of hydrogen-bond acceptors (Lipinski definition) is 4. The third-order valence-electron chi connectivity index (χ3n) is 4.54. The summed E-state index contributed by atoms with van der Waals surface area (Å²) in [5, 5.41) is 4.62. The molecule has 0 atom stereocenters. The Labute approximate surface area is 112 Å². The Morgan fingerprint density at radius 1 is 1.05 bits per heavy atom. The molecule has 4 rings (SSSR count). The molecular formula is C15H18N4. The molecule has 1 spiro atoms. The van der Waals surface area contributed by atoms with Crippen molar-refractivity contribution in [2.75, 3.05) is 31.1 Å². The van der Waals surface area contributed by atoms with Crippen LogP contribution in [-0.4, -0.2) is 36.1 Å². The first-order valence-corrected chi connectivity index (χ1v) is 7.02. The van der Waals surface area contributed by atoms with Crippen LogP contribution in [0, 0.1) is 5.41 Å². The molecule has 0 saturated carbocycles. The van der Waals surface area contributed by atoms with Crippen LogP contribution in [0.3, 0.4) is 0 Å². The van der Waals surface area contributed by atoms with E-state index in [1.54, 1.807) is 6.33 Å². The van der Waals surface area contributed by atoms with E-state index in [2.05, 4.69) is 38.4 Å². The van der Waals surface area contributed by atoms with Crippen LogP contribution in [0.5, 0.6) is 0 Å². The summed E-state index contributed by atoms with van der Waals surface area (Å²) in [6.07, 6.45) is 4.28. The molecule has 98 valence electrons. The van der Waals surface area contributed by atoms with E-state index in [9.17, 15) is 0 Å². The molecule has 3 heterocycles. The van der Waals surface area contributed by atoms with E-state index in [1.807, 2.05) is 6.07 Å². The van der Waals surface area contributed by atoms with Gasteiger partial charge in [-0.05, 0) is 38.1 Å². The van der Waals surface area contributed by atoms with Crippen LogP contribution < -0.4 is 10.2 Å². The van der Waals surface area contributed by atoms with Crippen molar-refractivity contribution >= 4 is 16.7 Å². The van der Waals surface area contributed by atoms with Crippen LogP contribution in [0.1, 0.15) is 12.8 Å². The monoisotopic (exact) mass is 254 g/mol. The molecule has 2 aliphatic heterocycles. The van der Waals surface area contributed by atoms with Gasteiger partial charge in [0.1, 0.15) is 12.1 Å². The fourth-order valence-corrected chi connectivity index (χ4v) is 3.43. The maximum atomic E-state index is 4.51. The van der Waals surface area contributed by atoms with Gasteiger partial charge in [-0.3, -0.25) is 0 Å². The molecule has 2 saturated heterocycles. The minimum atomic E-state index is 0.539. The van der Waals surface area contributed by atoms with Crippen LogP contribution in [0.15, 0.2) is 30.6 Å². The molecule has 0 bridgehead atoms. The Morgan fingerprint density at radius 2 is 1.84 bits per heavy atom. The number of fused-ring (bicyclic) bond motifs is 1. The second kappa shape index (κ2) is 4.17. The Bertz CT molecular complexity index is 591. The molecule has 1 aromatic carbocycles. The van der Waals surface area contributed by atoms with Crippen molar-refractivity contribution in [3.63, 3.8) is 0 Å². The maximum Gasteiger partial charge on any atom is 0.139 e. The van der Waals surface area contributed by atoms with Crippen LogP contribution in [0.2, 0.25) is 0 Å². The number of aromatic nitrogens is 2. The zero-order valence-electron chi connectivity index (χ0n) is 11.0. The fraction of sp³-hybridized carbons (Fsp3) is 0.467. The lowest BCUT2D eigenvalue weighted by atomic mass is 9.72. The Kier molecular flexibility index (Phi) is 2.45. The first-order chi connectivity index (χ1) is 9.36. The molecular weight excluding hydrogens is 236 g/mol. The lowest BCUT2D eigenvalue weighted by molar-refractivity contribution is 0.149. The van der Waals surface area contributed by atoms with E-state index in [-0.39, 0.29) is 0 Å². The molecule has 4 nitrogen and oxygen atoms in total. The molecule has 2 fully saturated rings. The Morgan fingerprint density at radius 3 is 2.68 bits per heavy atom. The van der Waals surface area contributed by atoms with Gasteiger partial charge in [0.2, 0.25) is 0 Å². The highest BCUT2D eigenvalue weighted by Crippen LogP contribution is 2.41. The van der Waals surface area contributed by atoms with Crippen LogP contribution >= 0.6 is 0 Å². The van der Waals surface area contributed by atoms with Crippen molar-refractivity contribution < 1.29 is 0 Å². The quantitative estimate of drug-likeness (QED) is 0.843. The predicted molar refractivity (Wildman–Crippen MR) is 76.3 cm³/mol. The number of benzene rings is 1. The number of hydrogen-bond donors (Lipinski definition) is 1. The highest BCUT2D eigenvalue weighted by atomic mass is 15.3. The third kappa shape index (κ3) is 1.78. The van der Waals surface area contributed by atoms with Gasteiger partial charge >= 0.3 is 0 Å². The lowest BCUT2D eigenvalue weighted by Crippen LogP contribution is -2.60. The normalized spacial score (nSPS) is 21.6. The number of nitrogens with one attached hydrogen (secondary N) is 1. The maximum absolute atomic E-state index is 4.51. The average Bonchev–Trinajstić information content (AvgIpc) is 2.45. The summed E-state index contributed by atoms with van der Waals surface area (Å²) in [4.78, 5) is 11.3. The van der Waals surface area contributed by atoms with Crippen molar-refractivity contribution in [3.8, 4) is 0 Å². The zero-order valence-corrected chi connectivity index (χ0v) is 11.0. The van der Waals surface area contributed by atoms with Gasteiger partial charge in [0.15, 0.2) is 0 Å². The van der Waals surface area contributed by atoms with Gasteiger partial charge in [0, 0.05) is 23.9 Å². The van der Waals surface area contributed by atoms with Gasteiger partial charge in [0.25, 0.3) is 0 Å². The molecule has 1 N–H and O–H groups in total. The fourth-order valence-electron chi connectivity index (χ4n) is 3.43. The molecule has 19 heavy (non-hydrogen) atoms. The largest absolute Gasteiger partial charge is 0.355 e. The lowest BCUT2D eigenvalue weighted by Gasteiger charge is -2.53. The first-order valence-electron chi connectivity index (χ1n) is 7.02. The molecule has 0 aliphatic carbocycles. The van der Waals surface area contributed by atoms with E-state index >= 15 is 0 Å². The van der Waals surface area contributed by atoms with Gasteiger partial charge in [-0.1, -0.05) is 12.1 Å². The standard InChI is InChI=1S/C15H18N4/c1-2-4-13-12(3-1)14(18-11-17-13)19-9-15(10-19)5-7-16-8-6-15/h1-4,11,16H,5-10H2. The molecule has 2 aromatic rings. The van der Waals surface area contributed by atoms with Crippen molar-refractivity contribution in [3.05, 3.63) is 30.6 Å². The smallest absolute Gasteiger partial charge is 0.139 e. The summed E-state index contributed by atoms with van der Waals surface area (Å²) < 4.78 is 0. The second-order valence-corrected chi connectivity index (χ2v) is 5.82. The molecule has 1 aromatic heterocycles. The summed E-state index contributed by atoms with van der Waals surface area (Å²) >= 11 is 0. The van der Waals surface area contributed by atoms with Gasteiger partial charge in [-0.25, -0.2) is 9.97 Å². The number of para-hydroxylation sites is 1. The van der Waals surface area contributed by atoms with Gasteiger partial charge in [0.05, 0.1) is 5.52 Å². The van der Waals surface area contributed by atoms with Gasteiger partial charge in [-0.15, -0.1) is 0 Å². The van der Waals surface area contributed by atoms with E-state index in [0.29, 0.717) is 5.41 Å². The Balaban J connectivity index is 1.63. The van der Waals surface area contributed by atoms with Crippen molar-refractivity contribution in [1.82, 2.24) is 15.3 Å². The Hall–Kier alpha value is -1.68. The minimum Gasteiger partial charge on any atom is -0.355 e. The highest BCUT2D eigenvalue weighted by Gasteiger charge is 2.44. The second-order valence-electron chi connectivity index (χ2n) is 5.82. The van der Waals surface area contributed by atoms with Crippen LogP contribution in [-0.2, 0) is 0 Å². The van der Waals surface area contributed by atoms with Crippen molar-refractivity contribution in [1.29, 1.82) is 0 Å². The average molecular weight is 254 g/mol. The molecule has 2 aliphatic rings. The molecule has 0 unspecified atom stereocenters. The summed E-state index contributed by atoms with van der Waals surface area (Å²) in [6.45, 7) is 4.63. The molecule has 0 radical (unpaired) electrons. The van der Waals surface area contributed by atoms with Crippen molar-refractivity contribution in [2.45, 2.75) is 12.8 Å². The van der Waals surface area contributed by atoms with E-state index in [4.69, 9.17) is 0 Å². The zero-order chi connectivity index (χ0) is 12.7.